The first-order valence-corrected chi connectivity index (χ1v) is 10.3. The zero-order valence-corrected chi connectivity index (χ0v) is 16.4. The Hall–Kier alpha value is -2.66. The summed E-state index contributed by atoms with van der Waals surface area (Å²) in [6, 6.07) is 17.3. The van der Waals surface area contributed by atoms with Crippen LogP contribution in [0.1, 0.15) is 25.7 Å². The summed E-state index contributed by atoms with van der Waals surface area (Å²) in [5.41, 5.74) is 10.5. The predicted molar refractivity (Wildman–Crippen MR) is 117 cm³/mol. The van der Waals surface area contributed by atoms with Gasteiger partial charge in [-0.25, -0.2) is 0 Å². The highest BCUT2D eigenvalue weighted by atomic mass is 15.3. The predicted octanol–water partition coefficient (Wildman–Crippen LogP) is 3.84. The van der Waals surface area contributed by atoms with Crippen molar-refractivity contribution < 1.29 is 0 Å². The number of aromatic nitrogens is 2. The van der Waals surface area contributed by atoms with Crippen molar-refractivity contribution in [2.45, 2.75) is 31.7 Å². The molecule has 0 bridgehead atoms. The Morgan fingerprint density at radius 3 is 2.25 bits per heavy atom. The van der Waals surface area contributed by atoms with Crippen molar-refractivity contribution in [1.29, 1.82) is 0 Å². The monoisotopic (exact) mass is 375 g/mol. The lowest BCUT2D eigenvalue weighted by atomic mass is 10.0. The first-order valence-electron chi connectivity index (χ1n) is 10.3. The van der Waals surface area contributed by atoms with E-state index in [1.54, 1.807) is 12.4 Å². The molecular weight excluding hydrogens is 346 g/mol. The molecule has 0 aliphatic carbocycles. The minimum atomic E-state index is 0.689. The normalized spacial score (nSPS) is 18.5. The molecule has 1 unspecified atom stereocenters. The van der Waals surface area contributed by atoms with Gasteiger partial charge in [0.1, 0.15) is 0 Å². The molecule has 0 spiro atoms. The topological polar surface area (TPSA) is 58.3 Å². The summed E-state index contributed by atoms with van der Waals surface area (Å²) in [5, 5.41) is 0. The molecule has 0 amide bonds. The van der Waals surface area contributed by atoms with Crippen LogP contribution in [-0.2, 0) is 0 Å². The number of nitrogens with two attached hydrogens (primary N) is 1. The maximum atomic E-state index is 5.76. The highest BCUT2D eigenvalue weighted by Gasteiger charge is 2.30. The summed E-state index contributed by atoms with van der Waals surface area (Å²) >= 11 is 0. The molecule has 2 aliphatic heterocycles. The van der Waals surface area contributed by atoms with Crippen LogP contribution in [0.3, 0.4) is 0 Å². The van der Waals surface area contributed by atoms with E-state index in [2.05, 4.69) is 44.0 Å². The molecule has 1 aromatic heterocycles. The highest BCUT2D eigenvalue weighted by Crippen LogP contribution is 2.37. The summed E-state index contributed by atoms with van der Waals surface area (Å²) in [4.78, 5) is 13.3. The number of rotatable bonds is 2. The van der Waals surface area contributed by atoms with Crippen molar-refractivity contribution in [3.63, 3.8) is 0 Å². The average Bonchev–Trinajstić information content (AvgIpc) is 3.00. The summed E-state index contributed by atoms with van der Waals surface area (Å²) < 4.78 is 0. The van der Waals surface area contributed by atoms with E-state index in [0.717, 1.165) is 30.7 Å². The number of fused-ring (bicyclic) bond motifs is 4. The lowest BCUT2D eigenvalue weighted by molar-refractivity contribution is 0.539. The summed E-state index contributed by atoms with van der Waals surface area (Å²) in [5.74, 6) is 0. The molecule has 3 aromatic rings. The van der Waals surface area contributed by atoms with E-state index in [1.807, 2.05) is 24.3 Å². The zero-order chi connectivity index (χ0) is 19.2. The third kappa shape index (κ3) is 4.09. The molecule has 0 radical (unpaired) electrons. The van der Waals surface area contributed by atoms with Crippen LogP contribution < -0.4 is 15.5 Å². The minimum absolute atomic E-state index is 0.689. The first kappa shape index (κ1) is 18.7. The second kappa shape index (κ2) is 9.02. The van der Waals surface area contributed by atoms with Crippen LogP contribution in [-0.4, -0.2) is 42.2 Å². The molecule has 2 aromatic carbocycles. The van der Waals surface area contributed by atoms with Gasteiger partial charge in [-0.2, -0.15) is 0 Å². The van der Waals surface area contributed by atoms with Gasteiger partial charge in [-0.3, -0.25) is 9.97 Å². The van der Waals surface area contributed by atoms with Gasteiger partial charge in [-0.1, -0.05) is 37.1 Å². The Bertz CT molecular complexity index is 831. The van der Waals surface area contributed by atoms with Gasteiger partial charge in [-0.15, -0.1) is 0 Å². The SMILES string of the molecule is NCCN1CC2CCCCCN2c2ccccc21.c1ccc2nccnc2c1. The van der Waals surface area contributed by atoms with E-state index in [1.165, 1.54) is 43.6 Å². The minimum Gasteiger partial charge on any atom is -0.367 e. The van der Waals surface area contributed by atoms with Crippen LogP contribution >= 0.6 is 0 Å². The van der Waals surface area contributed by atoms with Crippen LogP contribution in [0.4, 0.5) is 11.4 Å². The average molecular weight is 376 g/mol. The maximum Gasteiger partial charge on any atom is 0.0886 e. The molecular formula is C23H29N5. The Morgan fingerprint density at radius 1 is 0.857 bits per heavy atom. The van der Waals surface area contributed by atoms with E-state index in [4.69, 9.17) is 5.73 Å². The smallest absolute Gasteiger partial charge is 0.0886 e. The molecule has 2 N–H and O–H groups in total. The molecule has 5 heteroatoms. The van der Waals surface area contributed by atoms with Crippen molar-refractivity contribution >= 4 is 22.4 Å². The third-order valence-electron chi connectivity index (χ3n) is 5.61. The fraction of sp³-hybridized carbons (Fsp3) is 0.391. The maximum absolute atomic E-state index is 5.76. The fourth-order valence-electron chi connectivity index (χ4n) is 4.29. The lowest BCUT2D eigenvalue weighted by Crippen LogP contribution is -2.49. The Labute approximate surface area is 167 Å². The molecule has 5 nitrogen and oxygen atoms in total. The molecule has 2 aliphatic rings. The van der Waals surface area contributed by atoms with E-state index < -0.39 is 0 Å². The first-order chi connectivity index (χ1) is 13.9. The van der Waals surface area contributed by atoms with Crippen LogP contribution in [0, 0.1) is 0 Å². The van der Waals surface area contributed by atoms with Crippen molar-refractivity contribution in [2.24, 2.45) is 5.73 Å². The number of hydrogen-bond acceptors (Lipinski definition) is 5. The molecule has 1 fully saturated rings. The van der Waals surface area contributed by atoms with Gasteiger partial charge in [0.05, 0.1) is 22.4 Å². The van der Waals surface area contributed by atoms with Gasteiger partial charge in [0.15, 0.2) is 0 Å². The van der Waals surface area contributed by atoms with Crippen molar-refractivity contribution in [1.82, 2.24) is 9.97 Å². The fourth-order valence-corrected chi connectivity index (χ4v) is 4.29. The van der Waals surface area contributed by atoms with Crippen molar-refractivity contribution in [2.75, 3.05) is 36.0 Å². The van der Waals surface area contributed by atoms with E-state index >= 15 is 0 Å². The van der Waals surface area contributed by atoms with Crippen LogP contribution in [0.15, 0.2) is 60.9 Å². The number of anilines is 2. The number of para-hydroxylation sites is 4. The van der Waals surface area contributed by atoms with Gasteiger partial charge >= 0.3 is 0 Å². The lowest BCUT2D eigenvalue weighted by Gasteiger charge is -2.44. The summed E-state index contributed by atoms with van der Waals surface area (Å²) in [7, 11) is 0. The molecule has 146 valence electrons. The largest absolute Gasteiger partial charge is 0.367 e. The van der Waals surface area contributed by atoms with E-state index in [9.17, 15) is 0 Å². The molecule has 1 saturated heterocycles. The molecule has 1 atom stereocenters. The molecule has 5 rings (SSSR count). The highest BCUT2D eigenvalue weighted by molar-refractivity contribution is 5.74. The van der Waals surface area contributed by atoms with Gasteiger partial charge in [0.2, 0.25) is 0 Å². The quantitative estimate of drug-likeness (QED) is 0.737. The third-order valence-corrected chi connectivity index (χ3v) is 5.61. The Kier molecular flexibility index (Phi) is 6.02. The second-order valence-electron chi connectivity index (χ2n) is 7.47. The molecule has 3 heterocycles. The van der Waals surface area contributed by atoms with Crippen molar-refractivity contribution in [3.05, 3.63) is 60.9 Å². The Balaban J connectivity index is 0.000000162. The van der Waals surface area contributed by atoms with Crippen LogP contribution in [0.2, 0.25) is 0 Å². The summed E-state index contributed by atoms with van der Waals surface area (Å²) in [6.45, 7) is 4.08. The number of benzene rings is 2. The van der Waals surface area contributed by atoms with Crippen LogP contribution in [0.5, 0.6) is 0 Å². The van der Waals surface area contributed by atoms with Gasteiger partial charge < -0.3 is 15.5 Å². The zero-order valence-electron chi connectivity index (χ0n) is 16.4. The second-order valence-corrected chi connectivity index (χ2v) is 7.47. The number of nitrogens with zero attached hydrogens (tertiary/aromatic N) is 4. The molecule has 28 heavy (non-hydrogen) atoms. The van der Waals surface area contributed by atoms with E-state index in [0.29, 0.717) is 6.04 Å². The standard InChI is InChI=1S/C15H23N3.C8H6N2/c16-9-11-17-12-13-6-2-1-5-10-18(13)15-8-4-3-7-14(15)17;1-2-4-8-7(3-1)9-5-6-10-8/h3-4,7-8,13H,1-2,5-6,9-12,16H2;1-6H. The Morgan fingerprint density at radius 2 is 1.54 bits per heavy atom. The van der Waals surface area contributed by atoms with Gasteiger partial charge in [0, 0.05) is 44.6 Å². The van der Waals surface area contributed by atoms with Crippen molar-refractivity contribution in [3.8, 4) is 0 Å². The number of hydrogen-bond donors (Lipinski definition) is 1. The van der Waals surface area contributed by atoms with Gasteiger partial charge in [0.25, 0.3) is 0 Å². The van der Waals surface area contributed by atoms with E-state index in [-0.39, 0.29) is 0 Å². The summed E-state index contributed by atoms with van der Waals surface area (Å²) in [6.07, 6.45) is 8.81. The van der Waals surface area contributed by atoms with Crippen LogP contribution in [0.25, 0.3) is 11.0 Å². The molecule has 0 saturated carbocycles. The van der Waals surface area contributed by atoms with Gasteiger partial charge in [-0.05, 0) is 37.1 Å².